The highest BCUT2D eigenvalue weighted by Gasteiger charge is 2.35. The molecule has 0 radical (unpaired) electrons. The molecular formula is C27H33ClN4O4. The first-order valence-corrected chi connectivity index (χ1v) is 12.6. The number of hydrogen-bond acceptors (Lipinski definition) is 6. The minimum Gasteiger partial charge on any atom is -0.444 e. The number of pyridine rings is 1. The average Bonchev–Trinajstić information content (AvgIpc) is 3.19. The molecule has 3 heterocycles. The van der Waals surface area contributed by atoms with Gasteiger partial charge in [-0.05, 0) is 77.3 Å². The van der Waals surface area contributed by atoms with E-state index in [0.29, 0.717) is 42.3 Å². The molecular weight excluding hydrogens is 480 g/mol. The van der Waals surface area contributed by atoms with Gasteiger partial charge in [0.25, 0.3) is 5.91 Å². The van der Waals surface area contributed by atoms with Gasteiger partial charge in [0.05, 0.1) is 16.8 Å². The zero-order valence-electron chi connectivity index (χ0n) is 21.5. The standard InChI is InChI=1S/C27H33ClN4O4/c1-26(2,3)35-25(34)31-15-7-8-20(17-31)32(23-21(28)9-6-14-29-23)24(33)19-12-10-18(11-13-19)22-16-27(4,5)36-30-22/h6,9-14,20H,7-8,15-17H2,1-5H3/t20-/m0/s1. The molecule has 1 saturated heterocycles. The quantitative estimate of drug-likeness (QED) is 0.525. The largest absolute Gasteiger partial charge is 0.444 e. The SMILES string of the molecule is CC(C)(C)OC(=O)N1CCC[C@H](N(C(=O)c2ccc(C3=NOC(C)(C)C3)cc2)c2ncccc2Cl)C1. The van der Waals surface area contributed by atoms with Gasteiger partial charge in [0.15, 0.2) is 5.82 Å². The lowest BCUT2D eigenvalue weighted by Gasteiger charge is -2.39. The number of benzene rings is 1. The lowest BCUT2D eigenvalue weighted by molar-refractivity contribution is 0.0123. The van der Waals surface area contributed by atoms with E-state index < -0.39 is 11.7 Å². The predicted octanol–water partition coefficient (Wildman–Crippen LogP) is 5.68. The Morgan fingerprint density at radius 2 is 1.92 bits per heavy atom. The number of amides is 2. The molecule has 2 amide bonds. The summed E-state index contributed by atoms with van der Waals surface area (Å²) in [6, 6.07) is 10.4. The molecule has 192 valence electrons. The number of anilines is 1. The highest BCUT2D eigenvalue weighted by atomic mass is 35.5. The third-order valence-electron chi connectivity index (χ3n) is 6.06. The summed E-state index contributed by atoms with van der Waals surface area (Å²) in [7, 11) is 0. The number of carbonyl (C=O) groups excluding carboxylic acids is 2. The van der Waals surface area contributed by atoms with Crippen LogP contribution in [0.5, 0.6) is 0 Å². The molecule has 0 saturated carbocycles. The van der Waals surface area contributed by atoms with E-state index >= 15 is 0 Å². The first kappa shape index (κ1) is 25.9. The fourth-order valence-corrected chi connectivity index (χ4v) is 4.61. The van der Waals surface area contributed by atoms with Crippen molar-refractivity contribution in [1.29, 1.82) is 0 Å². The van der Waals surface area contributed by atoms with Gasteiger partial charge in [0.1, 0.15) is 11.2 Å². The third-order valence-corrected chi connectivity index (χ3v) is 6.36. The first-order valence-electron chi connectivity index (χ1n) is 12.2. The minimum absolute atomic E-state index is 0.233. The first-order chi connectivity index (χ1) is 16.9. The highest BCUT2D eigenvalue weighted by Crippen LogP contribution is 2.31. The Hall–Kier alpha value is -3.13. The van der Waals surface area contributed by atoms with Gasteiger partial charge in [-0.2, -0.15) is 0 Å². The van der Waals surface area contributed by atoms with E-state index in [1.807, 2.05) is 46.8 Å². The average molecular weight is 513 g/mol. The molecule has 0 aliphatic carbocycles. The molecule has 9 heteroatoms. The van der Waals surface area contributed by atoms with Crippen molar-refractivity contribution >= 4 is 35.1 Å². The van der Waals surface area contributed by atoms with Gasteiger partial charge < -0.3 is 14.5 Å². The monoisotopic (exact) mass is 512 g/mol. The van der Waals surface area contributed by atoms with Gasteiger partial charge in [-0.3, -0.25) is 9.69 Å². The van der Waals surface area contributed by atoms with E-state index in [0.717, 1.165) is 17.7 Å². The van der Waals surface area contributed by atoms with Crippen LogP contribution in [0.2, 0.25) is 5.02 Å². The number of nitrogens with zero attached hydrogens (tertiary/aromatic N) is 4. The molecule has 1 atom stereocenters. The summed E-state index contributed by atoms with van der Waals surface area (Å²) in [5.74, 6) is 0.141. The molecule has 0 spiro atoms. The van der Waals surface area contributed by atoms with Crippen LogP contribution in [0, 0.1) is 0 Å². The van der Waals surface area contributed by atoms with Crippen molar-refractivity contribution in [3.63, 3.8) is 0 Å². The van der Waals surface area contributed by atoms with E-state index in [1.54, 1.807) is 40.3 Å². The summed E-state index contributed by atoms with van der Waals surface area (Å²) in [6.07, 6.45) is 3.35. The van der Waals surface area contributed by atoms with Crippen LogP contribution >= 0.6 is 11.6 Å². The number of halogens is 1. The summed E-state index contributed by atoms with van der Waals surface area (Å²) in [5, 5.41) is 4.57. The maximum absolute atomic E-state index is 13.9. The lowest BCUT2D eigenvalue weighted by atomic mass is 9.97. The Labute approximate surface area is 217 Å². The van der Waals surface area contributed by atoms with E-state index in [9.17, 15) is 9.59 Å². The van der Waals surface area contributed by atoms with Crippen LogP contribution < -0.4 is 4.90 Å². The van der Waals surface area contributed by atoms with Crippen molar-refractivity contribution in [2.45, 2.75) is 71.1 Å². The summed E-state index contributed by atoms with van der Waals surface area (Å²) < 4.78 is 5.58. The molecule has 0 unspecified atom stereocenters. The number of hydrogen-bond donors (Lipinski definition) is 0. The third kappa shape index (κ3) is 5.98. The highest BCUT2D eigenvalue weighted by molar-refractivity contribution is 6.33. The second-order valence-corrected chi connectivity index (χ2v) is 11.3. The summed E-state index contributed by atoms with van der Waals surface area (Å²) in [4.78, 5) is 39.8. The van der Waals surface area contributed by atoms with Crippen molar-refractivity contribution < 1.29 is 19.2 Å². The number of oxime groups is 1. The lowest BCUT2D eigenvalue weighted by Crippen LogP contribution is -2.53. The van der Waals surface area contributed by atoms with Crippen LogP contribution in [0.3, 0.4) is 0 Å². The van der Waals surface area contributed by atoms with Crippen LogP contribution in [-0.2, 0) is 9.57 Å². The number of rotatable bonds is 4. The van der Waals surface area contributed by atoms with Crippen molar-refractivity contribution in [2.24, 2.45) is 5.16 Å². The Kier molecular flexibility index (Phi) is 7.27. The molecule has 4 rings (SSSR count). The van der Waals surface area contributed by atoms with Crippen LogP contribution in [-0.4, -0.2) is 57.9 Å². The fourth-order valence-electron chi connectivity index (χ4n) is 4.39. The van der Waals surface area contributed by atoms with Crippen molar-refractivity contribution in [2.75, 3.05) is 18.0 Å². The number of aromatic nitrogens is 1. The number of ether oxygens (including phenoxy) is 1. The van der Waals surface area contributed by atoms with Gasteiger partial charge in [-0.15, -0.1) is 0 Å². The Morgan fingerprint density at radius 3 is 2.53 bits per heavy atom. The van der Waals surface area contributed by atoms with Crippen molar-refractivity contribution in [1.82, 2.24) is 9.88 Å². The normalized spacial score (nSPS) is 19.3. The maximum Gasteiger partial charge on any atom is 0.410 e. The Bertz CT molecular complexity index is 1160. The van der Waals surface area contributed by atoms with Gasteiger partial charge in [-0.1, -0.05) is 28.9 Å². The summed E-state index contributed by atoms with van der Waals surface area (Å²) in [5.41, 5.74) is 1.32. The Morgan fingerprint density at radius 1 is 1.19 bits per heavy atom. The molecule has 1 aromatic carbocycles. The number of likely N-dealkylation sites (tertiary alicyclic amines) is 1. The van der Waals surface area contributed by atoms with Crippen LogP contribution in [0.15, 0.2) is 47.8 Å². The molecule has 0 bridgehead atoms. The number of piperidine rings is 1. The zero-order chi connectivity index (χ0) is 26.1. The maximum atomic E-state index is 13.9. The van der Waals surface area contributed by atoms with Crippen LogP contribution in [0.25, 0.3) is 0 Å². The summed E-state index contributed by atoms with van der Waals surface area (Å²) in [6.45, 7) is 10.4. The van der Waals surface area contributed by atoms with E-state index in [-0.39, 0.29) is 17.6 Å². The van der Waals surface area contributed by atoms with E-state index in [4.69, 9.17) is 21.2 Å². The Balaban J connectivity index is 1.60. The molecule has 36 heavy (non-hydrogen) atoms. The number of carbonyl (C=O) groups is 2. The molecule has 0 N–H and O–H groups in total. The molecule has 1 aromatic heterocycles. The second kappa shape index (κ2) is 10.1. The van der Waals surface area contributed by atoms with Crippen LogP contribution in [0.1, 0.15) is 69.8 Å². The van der Waals surface area contributed by atoms with Gasteiger partial charge in [0.2, 0.25) is 0 Å². The zero-order valence-corrected chi connectivity index (χ0v) is 22.2. The van der Waals surface area contributed by atoms with Crippen molar-refractivity contribution in [3.8, 4) is 0 Å². The molecule has 2 aliphatic rings. The van der Waals surface area contributed by atoms with E-state index in [2.05, 4.69) is 10.1 Å². The second-order valence-electron chi connectivity index (χ2n) is 10.8. The fraction of sp³-hybridized carbons (Fsp3) is 0.481. The van der Waals surface area contributed by atoms with Gasteiger partial charge in [-0.25, -0.2) is 9.78 Å². The smallest absolute Gasteiger partial charge is 0.410 e. The van der Waals surface area contributed by atoms with E-state index in [1.165, 1.54) is 0 Å². The predicted molar refractivity (Wildman–Crippen MR) is 140 cm³/mol. The van der Waals surface area contributed by atoms with Crippen molar-refractivity contribution in [3.05, 3.63) is 58.7 Å². The molecule has 1 fully saturated rings. The molecule has 2 aliphatic heterocycles. The topological polar surface area (TPSA) is 84.3 Å². The van der Waals surface area contributed by atoms with Crippen LogP contribution in [0.4, 0.5) is 10.6 Å². The minimum atomic E-state index is -0.602. The van der Waals surface area contributed by atoms with Gasteiger partial charge in [0, 0.05) is 31.3 Å². The molecule has 8 nitrogen and oxygen atoms in total. The summed E-state index contributed by atoms with van der Waals surface area (Å²) >= 11 is 6.50. The molecule has 2 aromatic rings. The van der Waals surface area contributed by atoms with Gasteiger partial charge >= 0.3 is 6.09 Å².